The highest BCUT2D eigenvalue weighted by Crippen LogP contribution is 2.27. The Labute approximate surface area is 154 Å². The van der Waals surface area contributed by atoms with E-state index in [2.05, 4.69) is 14.6 Å². The van der Waals surface area contributed by atoms with Gasteiger partial charge in [0.2, 0.25) is 0 Å². The molecule has 1 amide bonds. The van der Waals surface area contributed by atoms with E-state index < -0.39 is 6.61 Å². The summed E-state index contributed by atoms with van der Waals surface area (Å²) in [5.41, 5.74) is 2.49. The minimum absolute atomic E-state index is 0.0664. The number of amides is 1. The second-order valence-electron chi connectivity index (χ2n) is 5.78. The summed E-state index contributed by atoms with van der Waals surface area (Å²) in [4.78, 5) is 13.9. The lowest BCUT2D eigenvalue weighted by atomic mass is 10.2. The summed E-state index contributed by atoms with van der Waals surface area (Å²) >= 11 is 1.65. The SMILES string of the molecule is Cc1cc(C(=O)Nc2ccccc2OC(F)F)c(C)n1Cc1cccs1. The molecule has 7 heteroatoms. The fourth-order valence-corrected chi connectivity index (χ4v) is 3.48. The Balaban J connectivity index is 1.83. The maximum Gasteiger partial charge on any atom is 0.387 e. The number of ether oxygens (including phenoxy) is 1. The normalized spacial score (nSPS) is 11.0. The number of anilines is 1. The smallest absolute Gasteiger partial charge is 0.387 e. The van der Waals surface area contributed by atoms with Crippen molar-refractivity contribution in [3.05, 3.63) is 69.7 Å². The van der Waals surface area contributed by atoms with E-state index in [-0.39, 0.29) is 17.3 Å². The van der Waals surface area contributed by atoms with Gasteiger partial charge in [-0.15, -0.1) is 11.3 Å². The molecule has 0 aliphatic rings. The molecule has 3 aromatic rings. The van der Waals surface area contributed by atoms with E-state index in [1.807, 2.05) is 31.4 Å². The molecule has 0 bridgehead atoms. The van der Waals surface area contributed by atoms with Crippen LogP contribution in [0.4, 0.5) is 14.5 Å². The predicted molar refractivity (Wildman–Crippen MR) is 98.4 cm³/mol. The van der Waals surface area contributed by atoms with E-state index in [1.165, 1.54) is 17.0 Å². The molecule has 2 heterocycles. The van der Waals surface area contributed by atoms with Crippen LogP contribution in [0, 0.1) is 13.8 Å². The summed E-state index contributed by atoms with van der Waals surface area (Å²) in [5, 5.41) is 4.68. The van der Waals surface area contributed by atoms with Gasteiger partial charge in [-0.1, -0.05) is 18.2 Å². The topological polar surface area (TPSA) is 43.3 Å². The van der Waals surface area contributed by atoms with Crippen molar-refractivity contribution in [1.82, 2.24) is 4.57 Å². The van der Waals surface area contributed by atoms with Crippen LogP contribution in [0.15, 0.2) is 47.8 Å². The molecule has 0 atom stereocenters. The number of alkyl halides is 2. The fraction of sp³-hybridized carbons (Fsp3) is 0.211. The van der Waals surface area contributed by atoms with Crippen LogP contribution in [0.25, 0.3) is 0 Å². The van der Waals surface area contributed by atoms with E-state index in [4.69, 9.17) is 0 Å². The predicted octanol–water partition coefficient (Wildman–Crippen LogP) is 5.07. The number of benzene rings is 1. The van der Waals surface area contributed by atoms with Gasteiger partial charge in [0.25, 0.3) is 5.91 Å². The molecule has 0 fully saturated rings. The number of rotatable bonds is 6. The Bertz CT molecular complexity index is 904. The summed E-state index contributed by atoms with van der Waals surface area (Å²) in [6, 6.07) is 12.0. The van der Waals surface area contributed by atoms with Crippen molar-refractivity contribution in [2.75, 3.05) is 5.32 Å². The van der Waals surface area contributed by atoms with Crippen molar-refractivity contribution in [2.45, 2.75) is 27.0 Å². The minimum Gasteiger partial charge on any atom is -0.433 e. The Hall–Kier alpha value is -2.67. The number of para-hydroxylation sites is 2. The maximum absolute atomic E-state index is 12.7. The Morgan fingerprint density at radius 1 is 1.23 bits per heavy atom. The van der Waals surface area contributed by atoms with Gasteiger partial charge in [-0.3, -0.25) is 4.79 Å². The van der Waals surface area contributed by atoms with Gasteiger partial charge in [-0.25, -0.2) is 0 Å². The lowest BCUT2D eigenvalue weighted by Gasteiger charge is -2.12. The molecule has 3 rings (SSSR count). The molecule has 0 saturated heterocycles. The van der Waals surface area contributed by atoms with Crippen molar-refractivity contribution >= 4 is 22.9 Å². The van der Waals surface area contributed by atoms with Crippen LogP contribution < -0.4 is 10.1 Å². The summed E-state index contributed by atoms with van der Waals surface area (Å²) in [6.07, 6.45) is 0. The van der Waals surface area contributed by atoms with E-state index >= 15 is 0 Å². The first-order valence-electron chi connectivity index (χ1n) is 8.00. The van der Waals surface area contributed by atoms with Gasteiger partial charge >= 0.3 is 6.61 Å². The standard InChI is InChI=1S/C19H18F2N2O2S/c1-12-10-15(13(2)23(12)11-14-6-5-9-26-14)18(24)22-16-7-3-4-8-17(16)25-19(20)21/h3-10,19H,11H2,1-2H3,(H,22,24). The molecule has 0 unspecified atom stereocenters. The summed E-state index contributed by atoms with van der Waals surface area (Å²) in [7, 11) is 0. The minimum atomic E-state index is -2.95. The molecule has 2 aromatic heterocycles. The van der Waals surface area contributed by atoms with Crippen LogP contribution in [0.1, 0.15) is 26.6 Å². The molecule has 0 aliphatic carbocycles. The van der Waals surface area contributed by atoms with Gasteiger partial charge in [-0.05, 0) is 43.5 Å². The molecule has 1 N–H and O–H groups in total. The summed E-state index contributed by atoms with van der Waals surface area (Å²) < 4.78 is 31.6. The molecule has 0 aliphatic heterocycles. The van der Waals surface area contributed by atoms with Crippen LogP contribution in [0.3, 0.4) is 0 Å². The first-order valence-corrected chi connectivity index (χ1v) is 8.88. The van der Waals surface area contributed by atoms with E-state index in [0.29, 0.717) is 12.1 Å². The Morgan fingerprint density at radius 2 is 2.00 bits per heavy atom. The lowest BCUT2D eigenvalue weighted by Crippen LogP contribution is -2.15. The molecule has 0 saturated carbocycles. The van der Waals surface area contributed by atoms with Gasteiger partial charge < -0.3 is 14.6 Å². The fourth-order valence-electron chi connectivity index (χ4n) is 2.79. The third-order valence-corrected chi connectivity index (χ3v) is 4.92. The Morgan fingerprint density at radius 3 is 2.69 bits per heavy atom. The van der Waals surface area contributed by atoms with E-state index in [0.717, 1.165) is 11.4 Å². The van der Waals surface area contributed by atoms with Crippen molar-refractivity contribution in [2.24, 2.45) is 0 Å². The molecule has 0 radical (unpaired) electrons. The average molecular weight is 376 g/mol. The number of halogens is 2. The van der Waals surface area contributed by atoms with Crippen LogP contribution in [0.5, 0.6) is 5.75 Å². The van der Waals surface area contributed by atoms with Crippen LogP contribution in [0.2, 0.25) is 0 Å². The molecular formula is C19H18F2N2O2S. The zero-order valence-electron chi connectivity index (χ0n) is 14.3. The lowest BCUT2D eigenvalue weighted by molar-refractivity contribution is -0.0493. The summed E-state index contributed by atoms with van der Waals surface area (Å²) in [5.74, 6) is -0.427. The average Bonchev–Trinajstić information content (AvgIpc) is 3.20. The first-order chi connectivity index (χ1) is 12.5. The highest BCUT2D eigenvalue weighted by atomic mass is 32.1. The number of aryl methyl sites for hydroxylation is 1. The number of nitrogens with zero attached hydrogens (tertiary/aromatic N) is 1. The summed E-state index contributed by atoms with van der Waals surface area (Å²) in [6.45, 7) is 1.54. The van der Waals surface area contributed by atoms with Gasteiger partial charge in [-0.2, -0.15) is 8.78 Å². The highest BCUT2D eigenvalue weighted by molar-refractivity contribution is 7.09. The monoisotopic (exact) mass is 376 g/mol. The number of hydrogen-bond donors (Lipinski definition) is 1. The van der Waals surface area contributed by atoms with Crippen LogP contribution in [-0.4, -0.2) is 17.1 Å². The second kappa shape index (κ2) is 7.70. The third kappa shape index (κ3) is 3.94. The van der Waals surface area contributed by atoms with Crippen LogP contribution in [-0.2, 0) is 6.54 Å². The molecular weight excluding hydrogens is 358 g/mol. The van der Waals surface area contributed by atoms with Gasteiger partial charge in [0, 0.05) is 16.3 Å². The molecule has 1 aromatic carbocycles. The molecule has 4 nitrogen and oxygen atoms in total. The number of hydrogen-bond acceptors (Lipinski definition) is 3. The van der Waals surface area contributed by atoms with Gasteiger partial charge in [0.1, 0.15) is 5.75 Å². The van der Waals surface area contributed by atoms with Crippen molar-refractivity contribution in [3.8, 4) is 5.75 Å². The number of carbonyl (C=O) groups excluding carboxylic acids is 1. The van der Waals surface area contributed by atoms with Crippen LogP contribution >= 0.6 is 11.3 Å². The van der Waals surface area contributed by atoms with Crippen molar-refractivity contribution < 1.29 is 18.3 Å². The number of carbonyl (C=O) groups is 1. The van der Waals surface area contributed by atoms with E-state index in [1.54, 1.807) is 29.5 Å². The van der Waals surface area contributed by atoms with Gasteiger partial charge in [0.05, 0.1) is 17.8 Å². The molecule has 26 heavy (non-hydrogen) atoms. The maximum atomic E-state index is 12.7. The number of thiophene rings is 1. The Kier molecular flexibility index (Phi) is 5.37. The molecule has 0 spiro atoms. The second-order valence-corrected chi connectivity index (χ2v) is 6.81. The number of nitrogens with one attached hydrogen (secondary N) is 1. The number of aromatic nitrogens is 1. The highest BCUT2D eigenvalue weighted by Gasteiger charge is 2.18. The zero-order chi connectivity index (χ0) is 18.7. The van der Waals surface area contributed by atoms with Crippen molar-refractivity contribution in [3.63, 3.8) is 0 Å². The van der Waals surface area contributed by atoms with E-state index in [9.17, 15) is 13.6 Å². The first kappa shape index (κ1) is 18.1. The third-order valence-electron chi connectivity index (χ3n) is 4.06. The molecule has 136 valence electrons. The quantitative estimate of drug-likeness (QED) is 0.653. The van der Waals surface area contributed by atoms with Gasteiger partial charge in [0.15, 0.2) is 0 Å². The van der Waals surface area contributed by atoms with Crippen molar-refractivity contribution in [1.29, 1.82) is 0 Å². The largest absolute Gasteiger partial charge is 0.433 e. The zero-order valence-corrected chi connectivity index (χ0v) is 15.1.